The Morgan fingerprint density at radius 2 is 2.00 bits per heavy atom. The smallest absolute Gasteiger partial charge is 0.425 e. The molecule has 0 aliphatic heterocycles. The molecular formula is C12H12F3NO2. The monoisotopic (exact) mass is 259 g/mol. The lowest BCUT2D eigenvalue weighted by Gasteiger charge is -2.26. The fraction of sp³-hybridized carbons (Fsp3) is 0.333. The first-order valence-electron chi connectivity index (χ1n) is 5.28. The zero-order valence-corrected chi connectivity index (χ0v) is 9.58. The summed E-state index contributed by atoms with van der Waals surface area (Å²) in [5.74, 6) is -0.582. The number of furan rings is 1. The highest BCUT2D eigenvalue weighted by molar-refractivity contribution is 5.81. The van der Waals surface area contributed by atoms with E-state index in [1.165, 1.54) is 6.07 Å². The zero-order valence-electron chi connectivity index (χ0n) is 9.58. The number of hydrogen-bond acceptors (Lipinski definition) is 3. The molecule has 0 saturated heterocycles. The number of rotatable bonds is 2. The van der Waals surface area contributed by atoms with Crippen LogP contribution in [0.5, 0.6) is 0 Å². The fourth-order valence-corrected chi connectivity index (χ4v) is 1.77. The zero-order chi connectivity index (χ0) is 13.6. The number of para-hydroxylation sites is 1. The van der Waals surface area contributed by atoms with Gasteiger partial charge in [0, 0.05) is 11.9 Å². The molecule has 0 saturated carbocycles. The normalized spacial score (nSPS) is 15.9. The van der Waals surface area contributed by atoms with Gasteiger partial charge in [-0.15, -0.1) is 0 Å². The first-order valence-corrected chi connectivity index (χ1v) is 5.28. The summed E-state index contributed by atoms with van der Waals surface area (Å²) in [5, 5.41) is 10.2. The van der Waals surface area contributed by atoms with E-state index >= 15 is 0 Å². The van der Waals surface area contributed by atoms with Crippen LogP contribution in [0.4, 0.5) is 13.2 Å². The summed E-state index contributed by atoms with van der Waals surface area (Å²) in [7, 11) is 0. The topological polar surface area (TPSA) is 59.4 Å². The molecule has 0 aliphatic carbocycles. The van der Waals surface area contributed by atoms with E-state index in [9.17, 15) is 18.3 Å². The maximum Gasteiger partial charge on any atom is 0.425 e. The molecule has 0 radical (unpaired) electrons. The number of aliphatic hydroxyl groups is 1. The minimum Gasteiger partial charge on any atom is -0.457 e. The van der Waals surface area contributed by atoms with Crippen molar-refractivity contribution in [1.82, 2.24) is 0 Å². The van der Waals surface area contributed by atoms with E-state index in [2.05, 4.69) is 0 Å². The number of benzene rings is 1. The standard InChI is InChI=1S/C12H12F3NO2/c1-7-3-2-4-8-5-9(18-10(7)8)11(17,6-16)12(13,14)15/h2-5,17H,6,16H2,1H3. The lowest BCUT2D eigenvalue weighted by molar-refractivity contribution is -0.267. The molecule has 3 nitrogen and oxygen atoms in total. The van der Waals surface area contributed by atoms with Crippen molar-refractivity contribution >= 4 is 11.0 Å². The summed E-state index contributed by atoms with van der Waals surface area (Å²) in [4.78, 5) is 0. The average Bonchev–Trinajstić information content (AvgIpc) is 2.72. The summed E-state index contributed by atoms with van der Waals surface area (Å²) in [6.45, 7) is 0.722. The Morgan fingerprint density at radius 1 is 1.33 bits per heavy atom. The Labute approximate surface area is 101 Å². The Hall–Kier alpha value is -1.53. The van der Waals surface area contributed by atoms with Crippen LogP contribution in [-0.2, 0) is 5.60 Å². The van der Waals surface area contributed by atoms with Crippen molar-refractivity contribution in [3.63, 3.8) is 0 Å². The second-order valence-electron chi connectivity index (χ2n) is 4.17. The number of aryl methyl sites for hydroxylation is 1. The molecule has 1 unspecified atom stereocenters. The first-order chi connectivity index (χ1) is 8.29. The number of fused-ring (bicyclic) bond motifs is 1. The largest absolute Gasteiger partial charge is 0.457 e. The van der Waals surface area contributed by atoms with Gasteiger partial charge >= 0.3 is 6.18 Å². The van der Waals surface area contributed by atoms with Gasteiger partial charge in [-0.05, 0) is 18.6 Å². The quantitative estimate of drug-likeness (QED) is 0.870. The van der Waals surface area contributed by atoms with Gasteiger partial charge in [-0.3, -0.25) is 0 Å². The van der Waals surface area contributed by atoms with Gasteiger partial charge in [0.05, 0.1) is 0 Å². The minimum atomic E-state index is -4.89. The van der Waals surface area contributed by atoms with Crippen molar-refractivity contribution in [3.8, 4) is 0 Å². The Morgan fingerprint density at radius 3 is 2.50 bits per heavy atom. The van der Waals surface area contributed by atoms with E-state index in [0.717, 1.165) is 0 Å². The van der Waals surface area contributed by atoms with E-state index < -0.39 is 24.1 Å². The molecule has 1 heterocycles. The summed E-state index contributed by atoms with van der Waals surface area (Å²) in [5.41, 5.74) is 2.92. The predicted molar refractivity (Wildman–Crippen MR) is 60.0 cm³/mol. The van der Waals surface area contributed by atoms with Gasteiger partial charge in [0.25, 0.3) is 0 Å². The van der Waals surface area contributed by atoms with Crippen LogP contribution in [0.1, 0.15) is 11.3 Å². The van der Waals surface area contributed by atoms with E-state index in [-0.39, 0.29) is 0 Å². The van der Waals surface area contributed by atoms with E-state index in [0.29, 0.717) is 16.5 Å². The summed E-state index contributed by atoms with van der Waals surface area (Å²) >= 11 is 0. The van der Waals surface area contributed by atoms with Crippen LogP contribution in [0.15, 0.2) is 28.7 Å². The van der Waals surface area contributed by atoms with Crippen LogP contribution in [0.25, 0.3) is 11.0 Å². The summed E-state index contributed by atoms with van der Waals surface area (Å²) < 4.78 is 43.6. The number of nitrogens with two attached hydrogens (primary N) is 1. The molecule has 0 amide bonds. The van der Waals surface area contributed by atoms with Crippen molar-refractivity contribution in [2.45, 2.75) is 18.7 Å². The van der Waals surface area contributed by atoms with Crippen LogP contribution in [0.2, 0.25) is 0 Å². The fourth-order valence-electron chi connectivity index (χ4n) is 1.77. The van der Waals surface area contributed by atoms with Gasteiger partial charge in [-0.1, -0.05) is 18.2 Å². The molecule has 1 atom stereocenters. The van der Waals surface area contributed by atoms with Gasteiger partial charge in [0.1, 0.15) is 11.3 Å². The summed E-state index contributed by atoms with van der Waals surface area (Å²) in [6.07, 6.45) is -4.89. The molecule has 3 N–H and O–H groups in total. The third-order valence-electron chi connectivity index (χ3n) is 2.91. The lowest BCUT2D eigenvalue weighted by atomic mass is 10.00. The van der Waals surface area contributed by atoms with Crippen molar-refractivity contribution in [2.24, 2.45) is 5.73 Å². The summed E-state index contributed by atoms with van der Waals surface area (Å²) in [6, 6.07) is 6.20. The molecule has 0 fully saturated rings. The third-order valence-corrected chi connectivity index (χ3v) is 2.91. The maximum atomic E-state index is 12.8. The van der Waals surface area contributed by atoms with E-state index in [4.69, 9.17) is 10.2 Å². The van der Waals surface area contributed by atoms with E-state index in [1.54, 1.807) is 25.1 Å². The molecule has 2 aromatic rings. The highest BCUT2D eigenvalue weighted by Gasteiger charge is 2.56. The van der Waals surface area contributed by atoms with Crippen LogP contribution in [0, 0.1) is 6.92 Å². The molecule has 1 aromatic carbocycles. The number of alkyl halides is 3. The predicted octanol–water partition coefficient (Wildman–Crippen LogP) is 2.45. The molecule has 0 spiro atoms. The highest BCUT2D eigenvalue weighted by Crippen LogP contribution is 2.40. The van der Waals surface area contributed by atoms with Gasteiger partial charge in [0.2, 0.25) is 5.60 Å². The minimum absolute atomic E-state index is 0.323. The Kier molecular flexibility index (Phi) is 2.87. The maximum absolute atomic E-state index is 12.8. The molecule has 1 aromatic heterocycles. The Balaban J connectivity index is 2.64. The van der Waals surface area contributed by atoms with Gasteiger partial charge in [0.15, 0.2) is 0 Å². The number of halogens is 3. The second-order valence-corrected chi connectivity index (χ2v) is 4.17. The molecule has 6 heteroatoms. The lowest BCUT2D eigenvalue weighted by Crippen LogP contribution is -2.48. The molecular weight excluding hydrogens is 247 g/mol. The Bertz CT molecular complexity index is 576. The average molecular weight is 259 g/mol. The van der Waals surface area contributed by atoms with Crippen molar-refractivity contribution in [3.05, 3.63) is 35.6 Å². The molecule has 18 heavy (non-hydrogen) atoms. The van der Waals surface area contributed by atoms with Crippen LogP contribution in [-0.4, -0.2) is 17.8 Å². The van der Waals surface area contributed by atoms with Gasteiger partial charge in [-0.25, -0.2) is 0 Å². The van der Waals surface area contributed by atoms with E-state index in [1.807, 2.05) is 0 Å². The molecule has 2 rings (SSSR count). The van der Waals surface area contributed by atoms with Crippen LogP contribution < -0.4 is 5.73 Å². The van der Waals surface area contributed by atoms with Crippen molar-refractivity contribution in [1.29, 1.82) is 0 Å². The third kappa shape index (κ3) is 1.77. The highest BCUT2D eigenvalue weighted by atomic mass is 19.4. The second kappa shape index (κ2) is 4.00. The van der Waals surface area contributed by atoms with Crippen molar-refractivity contribution < 1.29 is 22.7 Å². The van der Waals surface area contributed by atoms with Crippen molar-refractivity contribution in [2.75, 3.05) is 6.54 Å². The first kappa shape index (κ1) is 12.9. The number of hydrogen-bond donors (Lipinski definition) is 2. The van der Waals surface area contributed by atoms with Crippen LogP contribution >= 0.6 is 0 Å². The molecule has 0 aliphatic rings. The van der Waals surface area contributed by atoms with Gasteiger partial charge in [-0.2, -0.15) is 13.2 Å². The molecule has 98 valence electrons. The SMILES string of the molecule is Cc1cccc2cc(C(O)(CN)C(F)(F)F)oc12. The van der Waals surface area contributed by atoms with Gasteiger partial charge < -0.3 is 15.3 Å². The van der Waals surface area contributed by atoms with Crippen LogP contribution in [0.3, 0.4) is 0 Å². The molecule has 0 bridgehead atoms.